The summed E-state index contributed by atoms with van der Waals surface area (Å²) < 4.78 is 4.77. The topological polar surface area (TPSA) is 52.3 Å². The molecule has 0 heterocycles. The van der Waals surface area contributed by atoms with Gasteiger partial charge in [-0.25, -0.2) is 0 Å². The van der Waals surface area contributed by atoms with Crippen LogP contribution in [0, 0.1) is 11.3 Å². The van der Waals surface area contributed by atoms with Gasteiger partial charge in [-0.05, 0) is 31.1 Å². The van der Waals surface area contributed by atoms with E-state index in [4.69, 9.17) is 10.5 Å². The Bertz CT molecular complexity index is 229. The van der Waals surface area contributed by atoms with E-state index in [2.05, 4.69) is 0 Å². The molecule has 3 heteroatoms. The highest BCUT2D eigenvalue weighted by molar-refractivity contribution is 5.72. The van der Waals surface area contributed by atoms with Crippen LogP contribution >= 0.6 is 0 Å². The third kappa shape index (κ3) is 1.46. The van der Waals surface area contributed by atoms with Crippen molar-refractivity contribution in [3.05, 3.63) is 0 Å². The van der Waals surface area contributed by atoms with E-state index in [9.17, 15) is 4.79 Å². The Morgan fingerprint density at radius 2 is 2.23 bits per heavy atom. The Morgan fingerprint density at radius 1 is 1.54 bits per heavy atom. The molecular weight excluding hydrogens is 166 g/mol. The number of methoxy groups -OCH3 is 1. The summed E-state index contributed by atoms with van der Waals surface area (Å²) >= 11 is 0. The lowest BCUT2D eigenvalue weighted by atomic mass is 9.78. The molecule has 3 atom stereocenters. The molecule has 0 amide bonds. The average molecular weight is 183 g/mol. The second-order valence-corrected chi connectivity index (χ2v) is 4.49. The van der Waals surface area contributed by atoms with E-state index in [-0.39, 0.29) is 11.9 Å². The Kier molecular flexibility index (Phi) is 2.06. The Hall–Kier alpha value is -0.570. The molecule has 0 saturated heterocycles. The molecule has 3 unspecified atom stereocenters. The molecule has 0 aromatic rings. The van der Waals surface area contributed by atoms with Gasteiger partial charge in [0.25, 0.3) is 0 Å². The SMILES string of the molecule is COC(=O)C1CCCC2(C1)CC2N. The summed E-state index contributed by atoms with van der Waals surface area (Å²) in [6.07, 6.45) is 5.40. The molecule has 2 saturated carbocycles. The zero-order chi connectivity index (χ0) is 9.47. The summed E-state index contributed by atoms with van der Waals surface area (Å²) in [5.74, 6) is 0.0745. The van der Waals surface area contributed by atoms with Crippen LogP contribution in [0.2, 0.25) is 0 Å². The van der Waals surface area contributed by atoms with Gasteiger partial charge >= 0.3 is 5.97 Å². The van der Waals surface area contributed by atoms with E-state index in [0.717, 1.165) is 25.7 Å². The Morgan fingerprint density at radius 3 is 2.77 bits per heavy atom. The van der Waals surface area contributed by atoms with Crippen molar-refractivity contribution in [2.75, 3.05) is 7.11 Å². The highest BCUT2D eigenvalue weighted by Gasteiger charge is 2.54. The second-order valence-electron chi connectivity index (χ2n) is 4.49. The van der Waals surface area contributed by atoms with Crippen molar-refractivity contribution in [2.45, 2.75) is 38.1 Å². The van der Waals surface area contributed by atoms with Crippen molar-refractivity contribution in [1.29, 1.82) is 0 Å². The summed E-state index contributed by atoms with van der Waals surface area (Å²) in [7, 11) is 1.47. The summed E-state index contributed by atoms with van der Waals surface area (Å²) in [6.45, 7) is 0. The molecule has 74 valence electrons. The van der Waals surface area contributed by atoms with Crippen LogP contribution in [0.3, 0.4) is 0 Å². The number of hydrogen-bond acceptors (Lipinski definition) is 3. The smallest absolute Gasteiger partial charge is 0.308 e. The van der Waals surface area contributed by atoms with Crippen LogP contribution in [0.25, 0.3) is 0 Å². The minimum absolute atomic E-state index is 0.0434. The maximum Gasteiger partial charge on any atom is 0.308 e. The molecule has 2 fully saturated rings. The van der Waals surface area contributed by atoms with Gasteiger partial charge in [-0.15, -0.1) is 0 Å². The molecule has 3 nitrogen and oxygen atoms in total. The fourth-order valence-corrected chi connectivity index (χ4v) is 2.66. The number of ether oxygens (including phenoxy) is 1. The van der Waals surface area contributed by atoms with Gasteiger partial charge in [-0.3, -0.25) is 4.79 Å². The van der Waals surface area contributed by atoms with Gasteiger partial charge in [0.15, 0.2) is 0 Å². The number of carbonyl (C=O) groups is 1. The van der Waals surface area contributed by atoms with Crippen LogP contribution in [0.1, 0.15) is 32.1 Å². The zero-order valence-electron chi connectivity index (χ0n) is 8.08. The lowest BCUT2D eigenvalue weighted by Gasteiger charge is -2.27. The first kappa shape index (κ1) is 9.00. The maximum atomic E-state index is 11.3. The third-order valence-corrected chi connectivity index (χ3v) is 3.67. The lowest BCUT2D eigenvalue weighted by molar-refractivity contribution is -0.147. The fourth-order valence-electron chi connectivity index (χ4n) is 2.66. The van der Waals surface area contributed by atoms with Crippen molar-refractivity contribution < 1.29 is 9.53 Å². The van der Waals surface area contributed by atoms with E-state index in [1.807, 2.05) is 0 Å². The quantitative estimate of drug-likeness (QED) is 0.618. The molecule has 2 N–H and O–H groups in total. The normalized spacial score (nSPS) is 43.2. The number of carbonyl (C=O) groups excluding carboxylic acids is 1. The van der Waals surface area contributed by atoms with Crippen molar-refractivity contribution in [2.24, 2.45) is 17.1 Å². The minimum Gasteiger partial charge on any atom is -0.469 e. The molecule has 0 aromatic carbocycles. The molecule has 1 spiro atoms. The van der Waals surface area contributed by atoms with Gasteiger partial charge in [0.05, 0.1) is 13.0 Å². The maximum absolute atomic E-state index is 11.3. The monoisotopic (exact) mass is 183 g/mol. The van der Waals surface area contributed by atoms with Crippen molar-refractivity contribution >= 4 is 5.97 Å². The van der Waals surface area contributed by atoms with Crippen molar-refractivity contribution in [1.82, 2.24) is 0 Å². The molecule has 2 rings (SSSR count). The number of nitrogens with two attached hydrogens (primary N) is 1. The van der Waals surface area contributed by atoms with Gasteiger partial charge in [-0.2, -0.15) is 0 Å². The van der Waals surface area contributed by atoms with Gasteiger partial charge in [0.1, 0.15) is 0 Å². The molecule has 0 aromatic heterocycles. The summed E-state index contributed by atoms with van der Waals surface area (Å²) in [5, 5.41) is 0. The van der Waals surface area contributed by atoms with Crippen molar-refractivity contribution in [3.63, 3.8) is 0 Å². The largest absolute Gasteiger partial charge is 0.469 e. The van der Waals surface area contributed by atoms with Gasteiger partial charge < -0.3 is 10.5 Å². The Labute approximate surface area is 78.6 Å². The second kappa shape index (κ2) is 2.98. The number of hydrogen-bond donors (Lipinski definition) is 1. The van der Waals surface area contributed by atoms with Crippen molar-refractivity contribution in [3.8, 4) is 0 Å². The molecule has 0 radical (unpaired) electrons. The van der Waals surface area contributed by atoms with E-state index >= 15 is 0 Å². The third-order valence-electron chi connectivity index (χ3n) is 3.67. The predicted molar refractivity (Wildman–Crippen MR) is 49.0 cm³/mol. The van der Waals surface area contributed by atoms with E-state index in [1.54, 1.807) is 0 Å². The fraction of sp³-hybridized carbons (Fsp3) is 0.900. The molecule has 0 aliphatic heterocycles. The minimum atomic E-state index is -0.0434. The van der Waals surface area contributed by atoms with Crippen LogP contribution in [0.15, 0.2) is 0 Å². The molecule has 13 heavy (non-hydrogen) atoms. The standard InChI is InChI=1S/C10H17NO2/c1-13-9(12)7-3-2-4-10(5-7)6-8(10)11/h7-8H,2-6,11H2,1H3. The van der Waals surface area contributed by atoms with Crippen LogP contribution in [-0.2, 0) is 9.53 Å². The van der Waals surface area contributed by atoms with E-state index in [0.29, 0.717) is 11.5 Å². The summed E-state index contributed by atoms with van der Waals surface area (Å²) in [6, 6.07) is 0.347. The number of esters is 1. The van der Waals surface area contributed by atoms with E-state index in [1.165, 1.54) is 13.5 Å². The van der Waals surface area contributed by atoms with Crippen LogP contribution in [-0.4, -0.2) is 19.1 Å². The summed E-state index contributed by atoms with van der Waals surface area (Å²) in [4.78, 5) is 11.3. The van der Waals surface area contributed by atoms with Gasteiger partial charge in [0, 0.05) is 6.04 Å². The van der Waals surface area contributed by atoms with E-state index < -0.39 is 0 Å². The van der Waals surface area contributed by atoms with Gasteiger partial charge in [-0.1, -0.05) is 6.42 Å². The molecule has 2 aliphatic carbocycles. The zero-order valence-corrected chi connectivity index (χ0v) is 8.08. The summed E-state index contributed by atoms with van der Waals surface area (Å²) in [5.41, 5.74) is 6.20. The van der Waals surface area contributed by atoms with Crippen LogP contribution in [0.5, 0.6) is 0 Å². The van der Waals surface area contributed by atoms with Gasteiger partial charge in [0.2, 0.25) is 0 Å². The number of rotatable bonds is 1. The lowest BCUT2D eigenvalue weighted by Crippen LogP contribution is -2.28. The highest BCUT2D eigenvalue weighted by atomic mass is 16.5. The van der Waals surface area contributed by atoms with Crippen LogP contribution in [0.4, 0.5) is 0 Å². The molecular formula is C10H17NO2. The molecule has 2 aliphatic rings. The first-order chi connectivity index (χ1) is 6.18. The van der Waals surface area contributed by atoms with Crippen LogP contribution < -0.4 is 5.73 Å². The Balaban J connectivity index is 1.97. The first-order valence-electron chi connectivity index (χ1n) is 5.01. The highest BCUT2D eigenvalue weighted by Crippen LogP contribution is 2.56. The predicted octanol–water partition coefficient (Wildman–Crippen LogP) is 1.07. The molecule has 0 bridgehead atoms. The first-order valence-corrected chi connectivity index (χ1v) is 5.01. The average Bonchev–Trinajstić information content (AvgIpc) is 2.74.